The molecule has 2 N–H and O–H groups in total. The smallest absolute Gasteiger partial charge is 0.295 e. The molecule has 1 atom stereocenters. The summed E-state index contributed by atoms with van der Waals surface area (Å²) in [7, 11) is 0. The van der Waals surface area contributed by atoms with Crippen molar-refractivity contribution in [3.05, 3.63) is 34.1 Å². The number of aliphatic hydroxyl groups excluding tert-OH is 1. The highest BCUT2D eigenvalue weighted by Gasteiger charge is 2.23. The zero-order valence-corrected chi connectivity index (χ0v) is 10.5. The lowest BCUT2D eigenvalue weighted by Crippen LogP contribution is -2.26. The number of hydrogen-bond acceptors (Lipinski definition) is 4. The molecule has 19 heavy (non-hydrogen) atoms. The molecule has 0 spiro atoms. The standard InChI is InChI=1S/C13H17FN2O3/c14-10-5-6-11(12(7-10)16(18)19)15-8-13(17)9-3-1-2-4-9/h5-7,9,13,15,17H,1-4,8H2. The summed E-state index contributed by atoms with van der Waals surface area (Å²) in [5, 5.41) is 23.6. The molecule has 1 aliphatic carbocycles. The fourth-order valence-corrected chi connectivity index (χ4v) is 2.53. The first kappa shape index (κ1) is 13.7. The highest BCUT2D eigenvalue weighted by molar-refractivity contribution is 5.61. The number of aliphatic hydroxyl groups is 1. The largest absolute Gasteiger partial charge is 0.391 e. The molecule has 1 aromatic carbocycles. The lowest BCUT2D eigenvalue weighted by Gasteiger charge is -2.18. The van der Waals surface area contributed by atoms with Crippen LogP contribution in [0.4, 0.5) is 15.8 Å². The number of nitro groups is 1. The summed E-state index contributed by atoms with van der Waals surface area (Å²) >= 11 is 0. The van der Waals surface area contributed by atoms with Crippen LogP contribution in [0, 0.1) is 21.8 Å². The van der Waals surface area contributed by atoms with E-state index in [4.69, 9.17) is 0 Å². The Bertz CT molecular complexity index is 461. The quantitative estimate of drug-likeness (QED) is 0.636. The van der Waals surface area contributed by atoms with Crippen LogP contribution in [-0.2, 0) is 0 Å². The highest BCUT2D eigenvalue weighted by atomic mass is 19.1. The summed E-state index contributed by atoms with van der Waals surface area (Å²) in [6, 6.07) is 3.37. The van der Waals surface area contributed by atoms with Gasteiger partial charge in [-0.1, -0.05) is 12.8 Å². The molecule has 0 radical (unpaired) electrons. The van der Waals surface area contributed by atoms with Gasteiger partial charge in [-0.05, 0) is 30.9 Å². The summed E-state index contributed by atoms with van der Waals surface area (Å²) in [5.74, 6) is -0.388. The molecule has 0 amide bonds. The van der Waals surface area contributed by atoms with Gasteiger partial charge in [-0.15, -0.1) is 0 Å². The Hall–Kier alpha value is -1.69. The number of nitrogens with one attached hydrogen (secondary N) is 1. The van der Waals surface area contributed by atoms with Gasteiger partial charge in [-0.3, -0.25) is 10.1 Å². The van der Waals surface area contributed by atoms with E-state index in [0.717, 1.165) is 37.8 Å². The third-order valence-electron chi connectivity index (χ3n) is 3.60. The van der Waals surface area contributed by atoms with E-state index in [9.17, 15) is 19.6 Å². The SMILES string of the molecule is O=[N+]([O-])c1cc(F)ccc1NCC(O)C1CCCC1. The molecule has 104 valence electrons. The van der Waals surface area contributed by atoms with Crippen molar-refractivity contribution in [1.82, 2.24) is 0 Å². The predicted molar refractivity (Wildman–Crippen MR) is 69.5 cm³/mol. The van der Waals surface area contributed by atoms with Crippen LogP contribution < -0.4 is 5.32 Å². The summed E-state index contributed by atoms with van der Waals surface area (Å²) in [6.45, 7) is 0.247. The van der Waals surface area contributed by atoms with E-state index in [1.807, 2.05) is 0 Å². The van der Waals surface area contributed by atoms with Crippen LogP contribution in [-0.4, -0.2) is 22.7 Å². The summed E-state index contributed by atoms with van der Waals surface area (Å²) in [6.07, 6.45) is 3.71. The molecule has 0 heterocycles. The number of hydrogen-bond donors (Lipinski definition) is 2. The van der Waals surface area contributed by atoms with Gasteiger partial charge in [-0.25, -0.2) is 4.39 Å². The van der Waals surface area contributed by atoms with Crippen LogP contribution in [0.2, 0.25) is 0 Å². The number of anilines is 1. The monoisotopic (exact) mass is 268 g/mol. The molecule has 5 nitrogen and oxygen atoms in total. The Morgan fingerprint density at radius 1 is 1.47 bits per heavy atom. The predicted octanol–water partition coefficient (Wildman–Crippen LogP) is 2.70. The van der Waals surface area contributed by atoms with Crippen molar-refractivity contribution in [3.63, 3.8) is 0 Å². The summed E-state index contributed by atoms with van der Waals surface area (Å²) in [4.78, 5) is 10.2. The Kier molecular flexibility index (Phi) is 4.31. The Morgan fingerprint density at radius 2 is 2.16 bits per heavy atom. The zero-order chi connectivity index (χ0) is 13.8. The van der Waals surface area contributed by atoms with E-state index in [1.54, 1.807) is 0 Å². The summed E-state index contributed by atoms with van der Waals surface area (Å²) < 4.78 is 13.0. The van der Waals surface area contributed by atoms with Crippen LogP contribution >= 0.6 is 0 Å². The Balaban J connectivity index is 2.00. The molecular weight excluding hydrogens is 251 g/mol. The van der Waals surface area contributed by atoms with Gasteiger partial charge >= 0.3 is 0 Å². The third-order valence-corrected chi connectivity index (χ3v) is 3.60. The molecule has 1 unspecified atom stereocenters. The first-order chi connectivity index (χ1) is 9.08. The van der Waals surface area contributed by atoms with E-state index < -0.39 is 16.8 Å². The maximum Gasteiger partial charge on any atom is 0.295 e. The van der Waals surface area contributed by atoms with Gasteiger partial charge in [0.15, 0.2) is 0 Å². The van der Waals surface area contributed by atoms with Gasteiger partial charge in [0, 0.05) is 6.54 Å². The number of nitro benzene ring substituents is 1. The van der Waals surface area contributed by atoms with Crippen molar-refractivity contribution < 1.29 is 14.4 Å². The number of rotatable bonds is 5. The van der Waals surface area contributed by atoms with Crippen molar-refractivity contribution in [2.75, 3.05) is 11.9 Å². The third kappa shape index (κ3) is 3.41. The molecule has 0 aliphatic heterocycles. The molecule has 2 rings (SSSR count). The van der Waals surface area contributed by atoms with Crippen LogP contribution in [0.25, 0.3) is 0 Å². The van der Waals surface area contributed by atoms with Gasteiger partial charge in [-0.2, -0.15) is 0 Å². The molecule has 1 fully saturated rings. The normalized spacial score (nSPS) is 17.4. The lowest BCUT2D eigenvalue weighted by atomic mass is 10.0. The van der Waals surface area contributed by atoms with Gasteiger partial charge < -0.3 is 10.4 Å². The van der Waals surface area contributed by atoms with Crippen LogP contribution in [0.1, 0.15) is 25.7 Å². The van der Waals surface area contributed by atoms with Crippen molar-refractivity contribution in [3.8, 4) is 0 Å². The Labute approximate surface area is 110 Å². The molecule has 1 aromatic rings. The van der Waals surface area contributed by atoms with E-state index in [-0.39, 0.29) is 23.8 Å². The first-order valence-corrected chi connectivity index (χ1v) is 6.44. The van der Waals surface area contributed by atoms with Crippen molar-refractivity contribution in [2.45, 2.75) is 31.8 Å². The minimum Gasteiger partial charge on any atom is -0.391 e. The maximum atomic E-state index is 13.0. The van der Waals surface area contributed by atoms with Crippen molar-refractivity contribution in [2.24, 2.45) is 5.92 Å². The van der Waals surface area contributed by atoms with Crippen LogP contribution in [0.3, 0.4) is 0 Å². The molecule has 1 aliphatic rings. The van der Waals surface area contributed by atoms with Gasteiger partial charge in [0.2, 0.25) is 0 Å². The molecule has 0 bridgehead atoms. The fourth-order valence-electron chi connectivity index (χ4n) is 2.53. The van der Waals surface area contributed by atoms with Crippen LogP contribution in [0.5, 0.6) is 0 Å². The molecule has 0 saturated heterocycles. The molecular formula is C13H17FN2O3. The number of nitrogens with zero attached hydrogens (tertiary/aromatic N) is 1. The lowest BCUT2D eigenvalue weighted by molar-refractivity contribution is -0.384. The van der Waals surface area contributed by atoms with Gasteiger partial charge in [0.1, 0.15) is 11.5 Å². The summed E-state index contributed by atoms with van der Waals surface area (Å²) in [5.41, 5.74) is -0.0675. The van der Waals surface area contributed by atoms with E-state index in [0.29, 0.717) is 0 Å². The minimum atomic E-state index is -0.645. The van der Waals surface area contributed by atoms with E-state index >= 15 is 0 Å². The second kappa shape index (κ2) is 5.97. The average molecular weight is 268 g/mol. The fraction of sp³-hybridized carbons (Fsp3) is 0.538. The van der Waals surface area contributed by atoms with E-state index in [1.165, 1.54) is 6.07 Å². The number of benzene rings is 1. The van der Waals surface area contributed by atoms with Gasteiger partial charge in [0.05, 0.1) is 17.1 Å². The Morgan fingerprint density at radius 3 is 2.79 bits per heavy atom. The molecule has 0 aromatic heterocycles. The van der Waals surface area contributed by atoms with E-state index in [2.05, 4.69) is 5.32 Å². The molecule has 6 heteroatoms. The number of halogens is 1. The second-order valence-electron chi connectivity index (χ2n) is 4.91. The second-order valence-corrected chi connectivity index (χ2v) is 4.91. The van der Waals surface area contributed by atoms with Gasteiger partial charge in [0.25, 0.3) is 5.69 Å². The average Bonchev–Trinajstić information content (AvgIpc) is 2.90. The zero-order valence-electron chi connectivity index (χ0n) is 10.5. The molecule has 1 saturated carbocycles. The topological polar surface area (TPSA) is 75.4 Å². The maximum absolute atomic E-state index is 13.0. The first-order valence-electron chi connectivity index (χ1n) is 6.44. The minimum absolute atomic E-state index is 0.239. The van der Waals surface area contributed by atoms with Crippen LogP contribution in [0.15, 0.2) is 18.2 Å². The van der Waals surface area contributed by atoms with Crippen molar-refractivity contribution in [1.29, 1.82) is 0 Å². The highest BCUT2D eigenvalue weighted by Crippen LogP contribution is 2.29. The van der Waals surface area contributed by atoms with Crippen molar-refractivity contribution >= 4 is 11.4 Å².